The molecule has 2 N–H and O–H groups in total. The van der Waals surface area contributed by atoms with Gasteiger partial charge in [0, 0.05) is 18.9 Å². The number of carbonyl (C=O) groups is 2. The second-order valence-electron chi connectivity index (χ2n) is 5.45. The number of carbonyl (C=O) groups excluding carboxylic acids is 2. The molecule has 0 spiro atoms. The van der Waals surface area contributed by atoms with E-state index < -0.39 is 0 Å². The van der Waals surface area contributed by atoms with Crippen LogP contribution in [0.15, 0.2) is 73.3 Å². The van der Waals surface area contributed by atoms with Crippen LogP contribution in [0.2, 0.25) is 0 Å². The summed E-state index contributed by atoms with van der Waals surface area (Å²) >= 11 is 0. The van der Waals surface area contributed by atoms with E-state index in [0.717, 1.165) is 11.1 Å². The van der Waals surface area contributed by atoms with Gasteiger partial charge in [0.25, 0.3) is 0 Å². The van der Waals surface area contributed by atoms with Crippen LogP contribution in [0.25, 0.3) is 0 Å². The standard InChI is InChI=1S/C20H22N2O2/c1-2-13-21-20(24)15-22-19(23)14-18(16-9-5-3-6-10-16)17-11-7-4-8-12-17/h2-12,18H,1,13-15H2,(H,21,24)(H,22,23). The number of hydrogen-bond acceptors (Lipinski definition) is 2. The first-order valence-corrected chi connectivity index (χ1v) is 7.95. The first kappa shape index (κ1) is 17.5. The summed E-state index contributed by atoms with van der Waals surface area (Å²) in [5.41, 5.74) is 2.16. The van der Waals surface area contributed by atoms with Gasteiger partial charge < -0.3 is 10.6 Å². The molecular formula is C20H22N2O2. The van der Waals surface area contributed by atoms with Crippen molar-refractivity contribution in [2.24, 2.45) is 0 Å². The van der Waals surface area contributed by atoms with E-state index in [4.69, 9.17) is 0 Å². The Kier molecular flexibility index (Phi) is 6.77. The molecule has 0 aliphatic rings. The van der Waals surface area contributed by atoms with E-state index in [-0.39, 0.29) is 24.3 Å². The van der Waals surface area contributed by atoms with Crippen LogP contribution >= 0.6 is 0 Å². The van der Waals surface area contributed by atoms with Gasteiger partial charge in [-0.15, -0.1) is 6.58 Å². The molecule has 4 heteroatoms. The van der Waals surface area contributed by atoms with Gasteiger partial charge in [-0.2, -0.15) is 0 Å². The molecule has 0 heterocycles. The first-order valence-electron chi connectivity index (χ1n) is 7.95. The summed E-state index contributed by atoms with van der Waals surface area (Å²) in [5, 5.41) is 5.31. The summed E-state index contributed by atoms with van der Waals surface area (Å²) in [6.45, 7) is 3.90. The van der Waals surface area contributed by atoms with Gasteiger partial charge in [-0.05, 0) is 11.1 Å². The minimum absolute atomic E-state index is 0.0248. The predicted octanol–water partition coefficient (Wildman–Crippen LogP) is 2.63. The molecule has 0 aromatic heterocycles. The zero-order valence-electron chi connectivity index (χ0n) is 13.6. The molecule has 0 aliphatic carbocycles. The van der Waals surface area contributed by atoms with Crippen molar-refractivity contribution < 1.29 is 9.59 Å². The Hall–Kier alpha value is -2.88. The van der Waals surface area contributed by atoms with Crippen molar-refractivity contribution in [1.29, 1.82) is 0 Å². The Balaban J connectivity index is 2.02. The molecule has 2 aromatic rings. The van der Waals surface area contributed by atoms with Crippen molar-refractivity contribution in [2.75, 3.05) is 13.1 Å². The Morgan fingerprint density at radius 3 is 1.92 bits per heavy atom. The number of benzene rings is 2. The Morgan fingerprint density at radius 2 is 1.42 bits per heavy atom. The molecule has 2 amide bonds. The third-order valence-electron chi connectivity index (χ3n) is 3.68. The van der Waals surface area contributed by atoms with Crippen LogP contribution < -0.4 is 10.6 Å². The summed E-state index contributed by atoms with van der Waals surface area (Å²) in [4.78, 5) is 23.8. The van der Waals surface area contributed by atoms with Crippen molar-refractivity contribution in [1.82, 2.24) is 10.6 Å². The highest BCUT2D eigenvalue weighted by Gasteiger charge is 2.18. The average Bonchev–Trinajstić information content (AvgIpc) is 2.64. The maximum absolute atomic E-state index is 12.3. The molecule has 0 fully saturated rings. The van der Waals surface area contributed by atoms with E-state index in [0.29, 0.717) is 13.0 Å². The van der Waals surface area contributed by atoms with Crippen LogP contribution in [0.1, 0.15) is 23.5 Å². The fourth-order valence-electron chi connectivity index (χ4n) is 2.48. The SMILES string of the molecule is C=CCNC(=O)CNC(=O)CC(c1ccccc1)c1ccccc1. The summed E-state index contributed by atoms with van der Waals surface area (Å²) in [7, 11) is 0. The lowest BCUT2D eigenvalue weighted by Crippen LogP contribution is -2.37. The maximum Gasteiger partial charge on any atom is 0.239 e. The van der Waals surface area contributed by atoms with Crippen molar-refractivity contribution >= 4 is 11.8 Å². The fraction of sp³-hybridized carbons (Fsp3) is 0.200. The van der Waals surface area contributed by atoms with E-state index in [1.54, 1.807) is 6.08 Å². The second-order valence-corrected chi connectivity index (χ2v) is 5.45. The van der Waals surface area contributed by atoms with Gasteiger partial charge in [0.15, 0.2) is 0 Å². The largest absolute Gasteiger partial charge is 0.351 e. The molecule has 0 saturated carbocycles. The van der Waals surface area contributed by atoms with Crippen molar-refractivity contribution in [3.8, 4) is 0 Å². The Morgan fingerprint density at radius 1 is 0.875 bits per heavy atom. The summed E-state index contributed by atoms with van der Waals surface area (Å²) in [5.74, 6) is -0.413. The van der Waals surface area contributed by atoms with Crippen LogP contribution in [0.3, 0.4) is 0 Å². The van der Waals surface area contributed by atoms with Crippen molar-refractivity contribution in [3.05, 3.63) is 84.4 Å². The highest BCUT2D eigenvalue weighted by Crippen LogP contribution is 2.27. The molecule has 24 heavy (non-hydrogen) atoms. The smallest absolute Gasteiger partial charge is 0.239 e. The van der Waals surface area contributed by atoms with Gasteiger partial charge in [-0.1, -0.05) is 66.7 Å². The minimum atomic E-state index is -0.223. The third-order valence-corrected chi connectivity index (χ3v) is 3.68. The molecule has 2 rings (SSSR count). The molecule has 0 bridgehead atoms. The zero-order chi connectivity index (χ0) is 17.2. The van der Waals surface area contributed by atoms with E-state index in [1.165, 1.54) is 0 Å². The number of amides is 2. The number of nitrogens with one attached hydrogen (secondary N) is 2. The van der Waals surface area contributed by atoms with Crippen LogP contribution in [-0.4, -0.2) is 24.9 Å². The van der Waals surface area contributed by atoms with Crippen LogP contribution in [0, 0.1) is 0 Å². The lowest BCUT2D eigenvalue weighted by molar-refractivity contribution is -0.126. The molecule has 0 aliphatic heterocycles. The fourth-order valence-corrected chi connectivity index (χ4v) is 2.48. The van der Waals surface area contributed by atoms with E-state index in [1.807, 2.05) is 60.7 Å². The van der Waals surface area contributed by atoms with Crippen LogP contribution in [0.5, 0.6) is 0 Å². The van der Waals surface area contributed by atoms with Crippen molar-refractivity contribution in [2.45, 2.75) is 12.3 Å². The number of rotatable bonds is 8. The highest BCUT2D eigenvalue weighted by molar-refractivity contribution is 5.85. The minimum Gasteiger partial charge on any atom is -0.351 e. The third kappa shape index (κ3) is 5.39. The quantitative estimate of drug-likeness (QED) is 0.734. The second kappa shape index (κ2) is 9.30. The highest BCUT2D eigenvalue weighted by atomic mass is 16.2. The Bertz CT molecular complexity index is 629. The van der Waals surface area contributed by atoms with Gasteiger partial charge in [-0.25, -0.2) is 0 Å². The summed E-state index contributed by atoms with van der Waals surface area (Å²) < 4.78 is 0. The van der Waals surface area contributed by atoms with Gasteiger partial charge >= 0.3 is 0 Å². The normalized spacial score (nSPS) is 10.2. The van der Waals surface area contributed by atoms with Gasteiger partial charge in [0.2, 0.25) is 11.8 Å². The summed E-state index contributed by atoms with van der Waals surface area (Å²) in [6, 6.07) is 19.8. The summed E-state index contributed by atoms with van der Waals surface area (Å²) in [6.07, 6.45) is 1.89. The van der Waals surface area contributed by atoms with Gasteiger partial charge in [0.1, 0.15) is 0 Å². The maximum atomic E-state index is 12.3. The average molecular weight is 322 g/mol. The molecule has 0 atom stereocenters. The molecule has 0 unspecified atom stereocenters. The van der Waals surface area contributed by atoms with Gasteiger partial charge in [0.05, 0.1) is 6.54 Å². The lowest BCUT2D eigenvalue weighted by atomic mass is 9.88. The first-order chi connectivity index (χ1) is 11.7. The van der Waals surface area contributed by atoms with Crippen LogP contribution in [-0.2, 0) is 9.59 Å². The molecule has 4 nitrogen and oxygen atoms in total. The molecule has 2 aromatic carbocycles. The van der Waals surface area contributed by atoms with Crippen LogP contribution in [0.4, 0.5) is 0 Å². The molecule has 0 saturated heterocycles. The Labute approximate surface area is 142 Å². The molecular weight excluding hydrogens is 300 g/mol. The molecule has 124 valence electrons. The van der Waals surface area contributed by atoms with Gasteiger partial charge in [-0.3, -0.25) is 9.59 Å². The molecule has 0 radical (unpaired) electrons. The zero-order valence-corrected chi connectivity index (χ0v) is 13.6. The number of hydrogen-bond donors (Lipinski definition) is 2. The van der Waals surface area contributed by atoms with E-state index >= 15 is 0 Å². The monoisotopic (exact) mass is 322 g/mol. The topological polar surface area (TPSA) is 58.2 Å². The van der Waals surface area contributed by atoms with E-state index in [9.17, 15) is 9.59 Å². The predicted molar refractivity (Wildman–Crippen MR) is 95.6 cm³/mol. The van der Waals surface area contributed by atoms with Crippen molar-refractivity contribution in [3.63, 3.8) is 0 Å². The van der Waals surface area contributed by atoms with E-state index in [2.05, 4.69) is 17.2 Å². The lowest BCUT2D eigenvalue weighted by Gasteiger charge is -2.17.